The summed E-state index contributed by atoms with van der Waals surface area (Å²) in [6, 6.07) is 5.57. The number of amides is 1. The third kappa shape index (κ3) is 1.91. The van der Waals surface area contributed by atoms with Crippen molar-refractivity contribution in [2.24, 2.45) is 5.29 Å². The van der Waals surface area contributed by atoms with Crippen LogP contribution in [-0.2, 0) is 11.2 Å². The standard InChI is InChI=1S/C13H14N4O3/c14-12(15-16-19)10-3-1-2-9-8(10)4-5-11(9)17-6-7-20-13(17)18/h1-3,11H,4-7H2,(H2,14,15,19)/t11-/m0/s1. The Labute approximate surface area is 115 Å². The van der Waals surface area contributed by atoms with Gasteiger partial charge < -0.3 is 4.74 Å². The van der Waals surface area contributed by atoms with E-state index in [-0.39, 0.29) is 18.0 Å². The number of nitroso groups, excluding NO2 is 1. The topological polar surface area (TPSA) is 94.8 Å². The van der Waals surface area contributed by atoms with E-state index in [1.54, 1.807) is 11.0 Å². The number of rotatable bonds is 3. The van der Waals surface area contributed by atoms with Crippen LogP contribution < -0.4 is 5.43 Å². The molecule has 7 nitrogen and oxygen atoms in total. The van der Waals surface area contributed by atoms with Crippen LogP contribution in [0.1, 0.15) is 29.2 Å². The molecular formula is C13H14N4O3. The van der Waals surface area contributed by atoms with E-state index in [0.717, 1.165) is 24.0 Å². The van der Waals surface area contributed by atoms with Crippen LogP contribution in [0.4, 0.5) is 4.79 Å². The average Bonchev–Trinajstić information content (AvgIpc) is 3.04. The molecule has 0 unspecified atom stereocenters. The molecule has 1 heterocycles. The van der Waals surface area contributed by atoms with E-state index in [0.29, 0.717) is 18.7 Å². The van der Waals surface area contributed by atoms with Crippen LogP contribution in [-0.4, -0.2) is 30.0 Å². The smallest absolute Gasteiger partial charge is 0.410 e. The Morgan fingerprint density at radius 2 is 2.35 bits per heavy atom. The maximum absolute atomic E-state index is 11.7. The van der Waals surface area contributed by atoms with Gasteiger partial charge in [-0.2, -0.15) is 0 Å². The van der Waals surface area contributed by atoms with Gasteiger partial charge in [-0.05, 0) is 24.0 Å². The number of hydrogen-bond donors (Lipinski definition) is 2. The van der Waals surface area contributed by atoms with Crippen LogP contribution in [0.25, 0.3) is 0 Å². The van der Waals surface area contributed by atoms with E-state index in [1.165, 1.54) is 0 Å². The third-order valence-corrected chi connectivity index (χ3v) is 3.83. The summed E-state index contributed by atoms with van der Waals surface area (Å²) in [6.45, 7) is 1.02. The molecular weight excluding hydrogens is 260 g/mol. The molecule has 20 heavy (non-hydrogen) atoms. The van der Waals surface area contributed by atoms with Crippen molar-refractivity contribution in [3.63, 3.8) is 0 Å². The number of nitrogens with one attached hydrogen (secondary N) is 2. The van der Waals surface area contributed by atoms with E-state index in [9.17, 15) is 9.70 Å². The van der Waals surface area contributed by atoms with Gasteiger partial charge >= 0.3 is 6.09 Å². The SMILES string of the molecule is N=C(NN=O)c1cccc2c1CC[C@@H]2N1CCOC1=O. The van der Waals surface area contributed by atoms with Crippen LogP contribution in [0, 0.1) is 10.3 Å². The van der Waals surface area contributed by atoms with Crippen molar-refractivity contribution in [2.75, 3.05) is 13.2 Å². The average molecular weight is 274 g/mol. The van der Waals surface area contributed by atoms with E-state index in [2.05, 4.69) is 10.7 Å². The minimum atomic E-state index is -0.281. The summed E-state index contributed by atoms with van der Waals surface area (Å²) in [7, 11) is 0. The van der Waals surface area contributed by atoms with Gasteiger partial charge in [-0.3, -0.25) is 10.3 Å². The van der Waals surface area contributed by atoms with E-state index in [4.69, 9.17) is 10.1 Å². The van der Waals surface area contributed by atoms with Crippen molar-refractivity contribution in [1.82, 2.24) is 10.3 Å². The predicted octanol–water partition coefficient (Wildman–Crippen LogP) is 1.72. The van der Waals surface area contributed by atoms with Crippen molar-refractivity contribution < 1.29 is 9.53 Å². The zero-order valence-electron chi connectivity index (χ0n) is 10.8. The molecule has 0 saturated carbocycles. The van der Waals surface area contributed by atoms with Gasteiger partial charge in [-0.15, -0.1) is 4.91 Å². The highest BCUT2D eigenvalue weighted by Crippen LogP contribution is 2.38. The lowest BCUT2D eigenvalue weighted by Gasteiger charge is -2.22. The number of benzene rings is 1. The maximum atomic E-state index is 11.7. The maximum Gasteiger partial charge on any atom is 0.410 e. The number of hydrogen-bond acceptors (Lipinski definition) is 5. The molecule has 7 heteroatoms. The lowest BCUT2D eigenvalue weighted by molar-refractivity contribution is 0.147. The number of carbonyl (C=O) groups excluding carboxylic acids is 1. The number of nitrogens with zero attached hydrogens (tertiary/aromatic N) is 2. The van der Waals surface area contributed by atoms with E-state index in [1.807, 2.05) is 12.1 Å². The van der Waals surface area contributed by atoms with E-state index >= 15 is 0 Å². The molecule has 1 fully saturated rings. The summed E-state index contributed by atoms with van der Waals surface area (Å²) in [5, 5.41) is 10.3. The van der Waals surface area contributed by atoms with Gasteiger partial charge in [-0.25, -0.2) is 10.2 Å². The summed E-state index contributed by atoms with van der Waals surface area (Å²) in [4.78, 5) is 23.6. The Morgan fingerprint density at radius 1 is 1.50 bits per heavy atom. The molecule has 1 saturated heterocycles. The van der Waals surface area contributed by atoms with Crippen LogP contribution in [0.2, 0.25) is 0 Å². The molecule has 1 aromatic rings. The fourth-order valence-electron chi connectivity index (χ4n) is 2.98. The van der Waals surface area contributed by atoms with Gasteiger partial charge in [-0.1, -0.05) is 18.2 Å². The van der Waals surface area contributed by atoms with Gasteiger partial charge in [0.05, 0.1) is 17.9 Å². The first-order valence-corrected chi connectivity index (χ1v) is 6.45. The van der Waals surface area contributed by atoms with Gasteiger partial charge in [0.25, 0.3) is 0 Å². The Morgan fingerprint density at radius 3 is 3.05 bits per heavy atom. The molecule has 3 rings (SSSR count). The van der Waals surface area contributed by atoms with Crippen LogP contribution in [0.3, 0.4) is 0 Å². The van der Waals surface area contributed by atoms with Crippen molar-refractivity contribution in [1.29, 1.82) is 5.41 Å². The lowest BCUT2D eigenvalue weighted by atomic mass is 10.0. The minimum Gasteiger partial charge on any atom is -0.448 e. The Hall–Kier alpha value is -2.44. The number of amidine groups is 1. The second-order valence-electron chi connectivity index (χ2n) is 4.81. The normalized spacial score (nSPS) is 20.5. The Kier molecular flexibility index (Phi) is 3.09. The highest BCUT2D eigenvalue weighted by atomic mass is 16.6. The fourth-order valence-corrected chi connectivity index (χ4v) is 2.98. The number of fused-ring (bicyclic) bond motifs is 1. The molecule has 0 radical (unpaired) electrons. The largest absolute Gasteiger partial charge is 0.448 e. The molecule has 0 aromatic heterocycles. The van der Waals surface area contributed by atoms with E-state index < -0.39 is 0 Å². The molecule has 1 amide bonds. The first-order valence-electron chi connectivity index (χ1n) is 6.45. The molecule has 1 aromatic carbocycles. The predicted molar refractivity (Wildman–Crippen MR) is 71.3 cm³/mol. The monoisotopic (exact) mass is 274 g/mol. The third-order valence-electron chi connectivity index (χ3n) is 3.83. The second kappa shape index (κ2) is 4.92. The first-order chi connectivity index (χ1) is 9.72. The summed E-state index contributed by atoms with van der Waals surface area (Å²) in [5.41, 5.74) is 4.82. The summed E-state index contributed by atoms with van der Waals surface area (Å²) in [5.74, 6) is -0.0125. The van der Waals surface area contributed by atoms with Crippen LogP contribution >= 0.6 is 0 Å². The van der Waals surface area contributed by atoms with Crippen molar-refractivity contribution >= 4 is 11.9 Å². The molecule has 2 N–H and O–H groups in total. The lowest BCUT2D eigenvalue weighted by Crippen LogP contribution is -2.28. The van der Waals surface area contributed by atoms with Gasteiger partial charge in [0, 0.05) is 5.56 Å². The number of carbonyl (C=O) groups is 1. The zero-order valence-corrected chi connectivity index (χ0v) is 10.8. The van der Waals surface area contributed by atoms with Gasteiger partial charge in [0.2, 0.25) is 0 Å². The minimum absolute atomic E-state index is 0.00283. The number of ether oxygens (including phenoxy) is 1. The van der Waals surface area contributed by atoms with Crippen molar-refractivity contribution in [3.05, 3.63) is 39.8 Å². The molecule has 104 valence electrons. The van der Waals surface area contributed by atoms with Gasteiger partial charge in [0.15, 0.2) is 0 Å². The highest BCUT2D eigenvalue weighted by Gasteiger charge is 2.35. The molecule has 1 aliphatic carbocycles. The molecule has 1 aliphatic heterocycles. The Balaban J connectivity index is 1.94. The van der Waals surface area contributed by atoms with Crippen molar-refractivity contribution in [3.8, 4) is 0 Å². The van der Waals surface area contributed by atoms with Crippen LogP contribution in [0.15, 0.2) is 23.5 Å². The van der Waals surface area contributed by atoms with Crippen molar-refractivity contribution in [2.45, 2.75) is 18.9 Å². The number of cyclic esters (lactones) is 1. The quantitative estimate of drug-likeness (QED) is 0.380. The molecule has 0 bridgehead atoms. The molecule has 1 atom stereocenters. The summed E-state index contributed by atoms with van der Waals surface area (Å²) in [6.07, 6.45) is 1.29. The Bertz CT molecular complexity index is 587. The zero-order chi connectivity index (χ0) is 14.1. The highest BCUT2D eigenvalue weighted by molar-refractivity contribution is 5.98. The first kappa shape index (κ1) is 12.6. The second-order valence-corrected chi connectivity index (χ2v) is 4.81. The van der Waals surface area contributed by atoms with Crippen LogP contribution in [0.5, 0.6) is 0 Å². The molecule has 0 spiro atoms. The summed E-state index contributed by atoms with van der Waals surface area (Å²) >= 11 is 0. The fraction of sp³-hybridized carbons (Fsp3) is 0.385. The summed E-state index contributed by atoms with van der Waals surface area (Å²) < 4.78 is 4.99. The van der Waals surface area contributed by atoms with Gasteiger partial charge in [0.1, 0.15) is 12.4 Å². The molecule has 2 aliphatic rings.